The molecule has 2 heterocycles. The Bertz CT molecular complexity index is 967. The molecule has 11 nitrogen and oxygen atoms in total. The Morgan fingerprint density at radius 1 is 1.37 bits per heavy atom. The van der Waals surface area contributed by atoms with E-state index < -0.39 is 21.4 Å². The summed E-state index contributed by atoms with van der Waals surface area (Å²) in [7, 11) is -1.96. The van der Waals surface area contributed by atoms with Crippen molar-refractivity contribution in [2.75, 3.05) is 17.6 Å². The zero-order chi connectivity index (χ0) is 20.4. The Kier molecular flexibility index (Phi) is 5.68. The molecule has 0 spiro atoms. The summed E-state index contributed by atoms with van der Waals surface area (Å²) >= 11 is 0. The summed E-state index contributed by atoms with van der Waals surface area (Å²) in [6, 6.07) is 0. The molecule has 0 fully saturated rings. The van der Waals surface area contributed by atoms with Gasteiger partial charge >= 0.3 is 5.97 Å². The van der Waals surface area contributed by atoms with Gasteiger partial charge in [0.1, 0.15) is 5.56 Å². The molecule has 27 heavy (non-hydrogen) atoms. The first-order valence-corrected chi connectivity index (χ1v) is 10.0. The van der Waals surface area contributed by atoms with Gasteiger partial charge in [-0.2, -0.15) is 10.2 Å². The van der Waals surface area contributed by atoms with Crippen molar-refractivity contribution in [2.45, 2.75) is 33.1 Å². The van der Waals surface area contributed by atoms with Crippen LogP contribution in [0.4, 0.5) is 17.3 Å². The maximum Gasteiger partial charge on any atom is 0.343 e. The van der Waals surface area contributed by atoms with Crippen LogP contribution in [0.25, 0.3) is 0 Å². The van der Waals surface area contributed by atoms with Gasteiger partial charge in [-0.25, -0.2) is 17.9 Å². The minimum absolute atomic E-state index is 0.0995. The van der Waals surface area contributed by atoms with Crippen molar-refractivity contribution < 1.29 is 17.9 Å². The van der Waals surface area contributed by atoms with Crippen molar-refractivity contribution in [3.63, 3.8) is 0 Å². The monoisotopic (exact) mass is 397 g/mol. The number of rotatable bonds is 6. The number of sulfonamides is 1. The third-order valence-corrected chi connectivity index (χ3v) is 3.94. The zero-order valence-electron chi connectivity index (χ0n) is 16.1. The summed E-state index contributed by atoms with van der Waals surface area (Å²) in [5, 5.41) is 18.9. The van der Waals surface area contributed by atoms with Crippen LogP contribution in [0.3, 0.4) is 0 Å². The lowest BCUT2D eigenvalue weighted by Crippen LogP contribution is -2.12. The van der Waals surface area contributed by atoms with E-state index in [1.54, 1.807) is 14.0 Å². The van der Waals surface area contributed by atoms with E-state index >= 15 is 0 Å². The van der Waals surface area contributed by atoms with E-state index in [1.165, 1.54) is 10.9 Å². The molecule has 0 aliphatic rings. The molecule has 0 saturated heterocycles. The summed E-state index contributed by atoms with van der Waals surface area (Å²) in [5.41, 5.74) is 0.484. The Morgan fingerprint density at radius 3 is 2.59 bits per heavy atom. The number of nitrogens with one attached hydrogen (secondary N) is 2. The molecule has 0 atom stereocenters. The van der Waals surface area contributed by atoms with E-state index in [-0.39, 0.29) is 29.5 Å². The second-order valence-corrected chi connectivity index (χ2v) is 8.59. The maximum atomic E-state index is 11.9. The van der Waals surface area contributed by atoms with Crippen LogP contribution in [0.5, 0.6) is 0 Å². The van der Waals surface area contributed by atoms with Crippen LogP contribution in [0, 0.1) is 0 Å². The number of carbonyl (C=O) groups is 1. The molecule has 0 radical (unpaired) electrons. The van der Waals surface area contributed by atoms with Gasteiger partial charge in [0.2, 0.25) is 10.0 Å². The van der Waals surface area contributed by atoms with Crippen molar-refractivity contribution in [1.82, 2.24) is 20.0 Å². The van der Waals surface area contributed by atoms with Crippen LogP contribution >= 0.6 is 0 Å². The van der Waals surface area contributed by atoms with Crippen molar-refractivity contribution in [1.29, 1.82) is 0 Å². The number of nitrogens with zero attached hydrogens (tertiary/aromatic N) is 5. The van der Waals surface area contributed by atoms with Crippen LogP contribution in [-0.4, -0.2) is 47.2 Å². The normalized spacial score (nSPS) is 12.5. The topological polar surface area (TPSA) is 144 Å². The number of hydrogen-bond acceptors (Lipinski definition) is 8. The maximum absolute atomic E-state index is 11.9. The molecule has 2 N–H and O–H groups in total. The molecule has 0 aromatic carbocycles. The number of aromatic nitrogens is 4. The van der Waals surface area contributed by atoms with Crippen LogP contribution in [0.15, 0.2) is 16.4 Å². The third kappa shape index (κ3) is 4.90. The quantitative estimate of drug-likeness (QED) is 0.566. The van der Waals surface area contributed by atoms with E-state index in [4.69, 9.17) is 4.74 Å². The molecule has 0 unspecified atom stereocenters. The van der Waals surface area contributed by atoms with Crippen LogP contribution in [0.1, 0.15) is 43.7 Å². The molecule has 0 aliphatic heterocycles. The van der Waals surface area contributed by atoms with Gasteiger partial charge in [0.05, 0.1) is 24.8 Å². The molecule has 0 aliphatic carbocycles. The Balaban J connectivity index is 2.53. The molecule has 2 aromatic heterocycles. The first-order chi connectivity index (χ1) is 12.4. The number of aryl methyl sites for hydroxylation is 1. The smallest absolute Gasteiger partial charge is 0.343 e. The Hall–Kier alpha value is -2.76. The second kappa shape index (κ2) is 7.47. The Morgan fingerprint density at radius 2 is 2.04 bits per heavy atom. The minimum atomic E-state index is -3.56. The lowest BCUT2D eigenvalue weighted by molar-refractivity contribution is 0.0527. The van der Waals surface area contributed by atoms with Gasteiger partial charge in [-0.15, -0.1) is 10.2 Å². The number of H-pyrrole nitrogens is 1. The summed E-state index contributed by atoms with van der Waals surface area (Å²) in [6.45, 7) is 7.64. The summed E-state index contributed by atoms with van der Waals surface area (Å²) in [4.78, 5) is 11.9. The van der Waals surface area contributed by atoms with Gasteiger partial charge in [-0.3, -0.25) is 9.82 Å². The minimum Gasteiger partial charge on any atom is -0.462 e. The highest BCUT2D eigenvalue weighted by Gasteiger charge is 2.28. The zero-order valence-corrected chi connectivity index (χ0v) is 16.9. The molecule has 12 heteroatoms. The van der Waals surface area contributed by atoms with Gasteiger partial charge < -0.3 is 4.74 Å². The SMILES string of the molecule is CCOC(=O)c1cn[nH]c1N=Nc1c(C(C)(C)C)nn(C)c1NS(C)(=O)=O. The van der Waals surface area contributed by atoms with Crippen molar-refractivity contribution in [3.8, 4) is 0 Å². The van der Waals surface area contributed by atoms with Gasteiger partial charge in [-0.1, -0.05) is 20.8 Å². The number of hydrogen-bond donors (Lipinski definition) is 2. The lowest BCUT2D eigenvalue weighted by Gasteiger charge is -2.15. The van der Waals surface area contributed by atoms with Crippen LogP contribution < -0.4 is 4.72 Å². The highest BCUT2D eigenvalue weighted by atomic mass is 32.2. The van der Waals surface area contributed by atoms with E-state index in [1.807, 2.05) is 20.8 Å². The van der Waals surface area contributed by atoms with Gasteiger partial charge in [0.15, 0.2) is 17.3 Å². The van der Waals surface area contributed by atoms with E-state index in [0.717, 1.165) is 6.26 Å². The molecule has 2 aromatic rings. The van der Waals surface area contributed by atoms with Gasteiger partial charge in [-0.05, 0) is 6.92 Å². The predicted molar refractivity (Wildman–Crippen MR) is 99.1 cm³/mol. The second-order valence-electron chi connectivity index (χ2n) is 6.85. The van der Waals surface area contributed by atoms with Crippen LogP contribution in [-0.2, 0) is 27.2 Å². The number of carbonyl (C=O) groups excluding carboxylic acids is 1. The van der Waals surface area contributed by atoms with Gasteiger partial charge in [0.25, 0.3) is 0 Å². The molecule has 0 amide bonds. The first-order valence-electron chi connectivity index (χ1n) is 8.11. The average Bonchev–Trinajstić information content (AvgIpc) is 3.09. The van der Waals surface area contributed by atoms with Crippen LogP contribution in [0.2, 0.25) is 0 Å². The number of aromatic amines is 1. The fourth-order valence-corrected chi connectivity index (χ4v) is 2.80. The van der Waals surface area contributed by atoms with Crippen molar-refractivity contribution in [2.24, 2.45) is 17.3 Å². The summed E-state index contributed by atoms with van der Waals surface area (Å²) in [5.74, 6) is -0.317. The summed E-state index contributed by atoms with van der Waals surface area (Å²) in [6.07, 6.45) is 2.32. The van der Waals surface area contributed by atoms with Crippen molar-refractivity contribution in [3.05, 3.63) is 17.5 Å². The highest BCUT2D eigenvalue weighted by Crippen LogP contribution is 2.38. The average molecular weight is 397 g/mol. The number of ether oxygens (including phenoxy) is 1. The number of azo groups is 1. The first kappa shape index (κ1) is 20.6. The molecule has 2 rings (SSSR count). The highest BCUT2D eigenvalue weighted by molar-refractivity contribution is 7.92. The Labute approximate surface area is 157 Å². The largest absolute Gasteiger partial charge is 0.462 e. The third-order valence-electron chi connectivity index (χ3n) is 3.38. The molecule has 0 bridgehead atoms. The molecular formula is C15H23N7O4S. The molecular weight excluding hydrogens is 374 g/mol. The van der Waals surface area contributed by atoms with E-state index in [9.17, 15) is 13.2 Å². The standard InChI is InChI=1S/C15H23N7O4S/c1-7-26-14(23)9-8-16-18-12(9)19-17-10-11(15(2,3)4)20-22(5)13(10)21-27(6,24)25/h8,21H,7H2,1-6H3,(H,16,18). The van der Waals surface area contributed by atoms with Crippen molar-refractivity contribution >= 4 is 33.3 Å². The number of esters is 1. The number of anilines is 1. The van der Waals surface area contributed by atoms with E-state index in [2.05, 4.69) is 30.2 Å². The predicted octanol–water partition coefficient (Wildman–Crippen LogP) is 2.40. The molecule has 0 saturated carbocycles. The molecule has 148 valence electrons. The van der Waals surface area contributed by atoms with Gasteiger partial charge in [0, 0.05) is 12.5 Å². The summed E-state index contributed by atoms with van der Waals surface area (Å²) < 4.78 is 32.1. The fourth-order valence-electron chi connectivity index (χ4n) is 2.22. The van der Waals surface area contributed by atoms with E-state index in [0.29, 0.717) is 5.69 Å². The fraction of sp³-hybridized carbons (Fsp3) is 0.533. The lowest BCUT2D eigenvalue weighted by atomic mass is 9.91.